The summed E-state index contributed by atoms with van der Waals surface area (Å²) in [5.41, 5.74) is 4.54. The maximum atomic E-state index is 6.06. The molecule has 108 valence electrons. The number of aromatic nitrogens is 2. The Balaban J connectivity index is 2.06. The van der Waals surface area contributed by atoms with E-state index in [1.807, 2.05) is 18.2 Å². The third-order valence-corrected chi connectivity index (χ3v) is 3.99. The van der Waals surface area contributed by atoms with E-state index in [0.717, 1.165) is 29.8 Å². The molecule has 4 heteroatoms. The first-order valence-electron chi connectivity index (χ1n) is 6.93. The lowest BCUT2D eigenvalue weighted by Crippen LogP contribution is -2.06. The number of alkyl halides is 1. The van der Waals surface area contributed by atoms with Crippen LogP contribution in [0, 0.1) is 6.92 Å². The highest BCUT2D eigenvalue weighted by atomic mass is 35.5. The molecule has 0 saturated heterocycles. The number of fused-ring (bicyclic) bond motifs is 1. The van der Waals surface area contributed by atoms with Gasteiger partial charge in [-0.2, -0.15) is 0 Å². The average Bonchev–Trinajstić information content (AvgIpc) is 2.79. The molecule has 0 saturated carbocycles. The van der Waals surface area contributed by atoms with E-state index in [4.69, 9.17) is 23.2 Å². The lowest BCUT2D eigenvalue weighted by atomic mass is 10.1. The van der Waals surface area contributed by atoms with Crippen molar-refractivity contribution in [1.29, 1.82) is 0 Å². The minimum absolute atomic E-state index is 0.560. The maximum absolute atomic E-state index is 6.06. The summed E-state index contributed by atoms with van der Waals surface area (Å²) >= 11 is 12.0. The number of imidazole rings is 1. The van der Waals surface area contributed by atoms with Gasteiger partial charge in [-0.3, -0.25) is 0 Å². The lowest BCUT2D eigenvalue weighted by molar-refractivity contribution is 0.754. The van der Waals surface area contributed by atoms with Crippen LogP contribution < -0.4 is 0 Å². The van der Waals surface area contributed by atoms with Gasteiger partial charge >= 0.3 is 0 Å². The Morgan fingerprint density at radius 1 is 1.10 bits per heavy atom. The fourth-order valence-corrected chi connectivity index (χ4v) is 2.82. The molecule has 2 nitrogen and oxygen atoms in total. The molecule has 0 bridgehead atoms. The molecule has 0 radical (unpaired) electrons. The smallest absolute Gasteiger partial charge is 0.111 e. The van der Waals surface area contributed by atoms with Gasteiger partial charge in [-0.1, -0.05) is 41.4 Å². The predicted molar refractivity (Wildman–Crippen MR) is 89.4 cm³/mol. The molecular formula is C17H16Cl2N2. The second-order valence-corrected chi connectivity index (χ2v) is 5.99. The summed E-state index contributed by atoms with van der Waals surface area (Å²) in [5, 5.41) is 0.708. The van der Waals surface area contributed by atoms with Gasteiger partial charge in [0.25, 0.3) is 0 Å². The molecule has 0 aliphatic carbocycles. The molecule has 0 spiro atoms. The molecule has 3 aromatic rings. The van der Waals surface area contributed by atoms with Crippen molar-refractivity contribution >= 4 is 34.2 Å². The lowest BCUT2D eigenvalue weighted by Gasteiger charge is -2.09. The van der Waals surface area contributed by atoms with Gasteiger partial charge in [0.15, 0.2) is 0 Å². The second kappa shape index (κ2) is 6.08. The van der Waals surface area contributed by atoms with Gasteiger partial charge in [0.2, 0.25) is 0 Å². The van der Waals surface area contributed by atoms with Crippen LogP contribution in [0.25, 0.3) is 11.0 Å². The number of hydrogen-bond donors (Lipinski definition) is 0. The molecule has 0 aliphatic rings. The molecular weight excluding hydrogens is 303 g/mol. The maximum Gasteiger partial charge on any atom is 0.111 e. The van der Waals surface area contributed by atoms with Crippen LogP contribution in [0.5, 0.6) is 0 Å². The van der Waals surface area contributed by atoms with Crippen molar-refractivity contribution in [3.63, 3.8) is 0 Å². The van der Waals surface area contributed by atoms with Crippen LogP contribution in [0.1, 0.15) is 17.0 Å². The van der Waals surface area contributed by atoms with E-state index in [0.29, 0.717) is 10.9 Å². The SMILES string of the molecule is Cc1ccc(Cn2c(CCCl)nc3cc(Cl)ccc32)cc1. The highest BCUT2D eigenvalue weighted by molar-refractivity contribution is 6.31. The van der Waals surface area contributed by atoms with E-state index in [9.17, 15) is 0 Å². The largest absolute Gasteiger partial charge is 0.323 e. The fourth-order valence-electron chi connectivity index (χ4n) is 2.48. The summed E-state index contributed by atoms with van der Waals surface area (Å²) in [6.07, 6.45) is 0.750. The zero-order valence-electron chi connectivity index (χ0n) is 11.8. The highest BCUT2D eigenvalue weighted by Crippen LogP contribution is 2.22. The molecule has 0 atom stereocenters. The second-order valence-electron chi connectivity index (χ2n) is 5.17. The van der Waals surface area contributed by atoms with Crippen molar-refractivity contribution in [2.45, 2.75) is 19.9 Å². The summed E-state index contributed by atoms with van der Waals surface area (Å²) in [6.45, 7) is 2.89. The normalized spacial score (nSPS) is 11.2. The molecule has 1 aromatic heterocycles. The van der Waals surface area contributed by atoms with Gasteiger partial charge in [-0.25, -0.2) is 4.98 Å². The molecule has 0 unspecified atom stereocenters. The number of halogens is 2. The molecule has 0 N–H and O–H groups in total. The number of benzene rings is 2. The predicted octanol–water partition coefficient (Wildman–Crippen LogP) is 4.83. The summed E-state index contributed by atoms with van der Waals surface area (Å²) in [4.78, 5) is 4.67. The van der Waals surface area contributed by atoms with Crippen LogP contribution in [-0.4, -0.2) is 15.4 Å². The minimum Gasteiger partial charge on any atom is -0.323 e. The monoisotopic (exact) mass is 318 g/mol. The number of nitrogens with zero attached hydrogens (tertiary/aromatic N) is 2. The molecule has 0 fully saturated rings. The average molecular weight is 319 g/mol. The van der Waals surface area contributed by atoms with Crippen molar-refractivity contribution in [3.05, 3.63) is 64.4 Å². The first-order valence-corrected chi connectivity index (χ1v) is 7.85. The van der Waals surface area contributed by atoms with Crippen LogP contribution in [0.4, 0.5) is 0 Å². The molecule has 1 heterocycles. The van der Waals surface area contributed by atoms with E-state index < -0.39 is 0 Å². The standard InChI is InChI=1S/C17H16Cl2N2/c1-12-2-4-13(5-3-12)11-21-16-7-6-14(19)10-15(16)20-17(21)8-9-18/h2-7,10H,8-9,11H2,1H3. The van der Waals surface area contributed by atoms with Gasteiger partial charge in [-0.15, -0.1) is 11.6 Å². The Morgan fingerprint density at radius 2 is 1.86 bits per heavy atom. The Bertz CT molecular complexity index is 760. The van der Waals surface area contributed by atoms with E-state index in [2.05, 4.69) is 40.7 Å². The third kappa shape index (κ3) is 3.07. The third-order valence-electron chi connectivity index (χ3n) is 3.57. The van der Waals surface area contributed by atoms with Crippen LogP contribution >= 0.6 is 23.2 Å². The minimum atomic E-state index is 0.560. The van der Waals surface area contributed by atoms with Crippen molar-refractivity contribution in [2.24, 2.45) is 0 Å². The molecule has 0 amide bonds. The van der Waals surface area contributed by atoms with Crippen LogP contribution in [-0.2, 0) is 13.0 Å². The Morgan fingerprint density at radius 3 is 2.57 bits per heavy atom. The van der Waals surface area contributed by atoms with Crippen molar-refractivity contribution < 1.29 is 0 Å². The molecule has 2 aromatic carbocycles. The Hall–Kier alpha value is -1.51. The van der Waals surface area contributed by atoms with E-state index in [-0.39, 0.29) is 0 Å². The number of aryl methyl sites for hydroxylation is 2. The zero-order chi connectivity index (χ0) is 14.8. The Kier molecular flexibility index (Phi) is 4.18. The van der Waals surface area contributed by atoms with Gasteiger partial charge in [0.1, 0.15) is 5.82 Å². The summed E-state index contributed by atoms with van der Waals surface area (Å²) in [6, 6.07) is 14.4. The number of hydrogen-bond acceptors (Lipinski definition) is 1. The van der Waals surface area contributed by atoms with Crippen LogP contribution in [0.3, 0.4) is 0 Å². The van der Waals surface area contributed by atoms with E-state index in [1.165, 1.54) is 11.1 Å². The van der Waals surface area contributed by atoms with E-state index in [1.54, 1.807) is 0 Å². The summed E-state index contributed by atoms with van der Waals surface area (Å²) in [5.74, 6) is 1.56. The fraction of sp³-hybridized carbons (Fsp3) is 0.235. The molecule has 21 heavy (non-hydrogen) atoms. The van der Waals surface area contributed by atoms with Gasteiger partial charge in [0, 0.05) is 23.9 Å². The summed E-state index contributed by atoms with van der Waals surface area (Å²) in [7, 11) is 0. The Labute approximate surface area is 134 Å². The molecule has 3 rings (SSSR count). The van der Waals surface area contributed by atoms with Gasteiger partial charge in [-0.05, 0) is 30.7 Å². The first kappa shape index (κ1) is 14.4. The van der Waals surface area contributed by atoms with Crippen molar-refractivity contribution in [1.82, 2.24) is 9.55 Å². The topological polar surface area (TPSA) is 17.8 Å². The quantitative estimate of drug-likeness (QED) is 0.630. The number of rotatable bonds is 4. The van der Waals surface area contributed by atoms with Crippen LogP contribution in [0.2, 0.25) is 5.02 Å². The van der Waals surface area contributed by atoms with Gasteiger partial charge in [0.05, 0.1) is 11.0 Å². The van der Waals surface area contributed by atoms with Crippen molar-refractivity contribution in [2.75, 3.05) is 5.88 Å². The first-order chi connectivity index (χ1) is 10.2. The summed E-state index contributed by atoms with van der Waals surface area (Å²) < 4.78 is 2.22. The van der Waals surface area contributed by atoms with E-state index >= 15 is 0 Å². The van der Waals surface area contributed by atoms with Gasteiger partial charge < -0.3 is 4.57 Å². The zero-order valence-corrected chi connectivity index (χ0v) is 13.3. The van der Waals surface area contributed by atoms with Crippen molar-refractivity contribution in [3.8, 4) is 0 Å². The highest BCUT2D eigenvalue weighted by Gasteiger charge is 2.11. The molecule has 0 aliphatic heterocycles. The van der Waals surface area contributed by atoms with Crippen LogP contribution in [0.15, 0.2) is 42.5 Å².